The van der Waals surface area contributed by atoms with Gasteiger partial charge in [-0.3, -0.25) is 14.4 Å². The van der Waals surface area contributed by atoms with Gasteiger partial charge in [-0.2, -0.15) is 5.10 Å². The molecule has 4 nitrogen and oxygen atoms in total. The molecule has 0 amide bonds. The quantitative estimate of drug-likeness (QED) is 0.719. The number of carbonyl (C=O) groups excluding carboxylic acids is 1. The number of aryl methyl sites for hydroxylation is 1. The smallest absolute Gasteiger partial charge is 0.167 e. The number of hydrogen-bond donors (Lipinski definition) is 0. The number of Topliss-reactive ketones (excluding diaryl/α,β-unsaturated/α-hetero) is 1. The van der Waals surface area contributed by atoms with Gasteiger partial charge in [-0.15, -0.1) is 0 Å². The highest BCUT2D eigenvalue weighted by Crippen LogP contribution is 2.24. The van der Waals surface area contributed by atoms with Crippen molar-refractivity contribution >= 4 is 17.4 Å². The highest BCUT2D eigenvalue weighted by atomic mass is 35.5. The molecule has 3 rings (SSSR count). The number of aromatic nitrogens is 2. The van der Waals surface area contributed by atoms with Gasteiger partial charge in [0.05, 0.1) is 6.20 Å². The Balaban J connectivity index is 1.66. The summed E-state index contributed by atoms with van der Waals surface area (Å²) in [6.07, 6.45) is 5.07. The summed E-state index contributed by atoms with van der Waals surface area (Å²) in [7, 11) is 0. The Hall–Kier alpha value is -1.65. The molecular formula is C20H26ClN3O. The van der Waals surface area contributed by atoms with E-state index in [0.29, 0.717) is 5.02 Å². The van der Waals surface area contributed by atoms with Crippen molar-refractivity contribution in [2.75, 3.05) is 13.1 Å². The van der Waals surface area contributed by atoms with Crippen LogP contribution >= 0.6 is 11.6 Å². The van der Waals surface area contributed by atoms with Gasteiger partial charge in [-0.1, -0.05) is 30.7 Å². The highest BCUT2D eigenvalue weighted by Gasteiger charge is 2.27. The summed E-state index contributed by atoms with van der Waals surface area (Å²) < 4.78 is 2.08. The summed E-state index contributed by atoms with van der Waals surface area (Å²) in [5, 5.41) is 5.11. The number of carbonyl (C=O) groups is 1. The molecule has 0 spiro atoms. The molecule has 0 aliphatic carbocycles. The van der Waals surface area contributed by atoms with Gasteiger partial charge in [0.15, 0.2) is 5.78 Å². The van der Waals surface area contributed by atoms with Gasteiger partial charge in [-0.25, -0.2) is 0 Å². The van der Waals surface area contributed by atoms with E-state index in [4.69, 9.17) is 11.6 Å². The SMILES string of the molecule is CCCn1ncc(CN2CCC[C@H](C(=O)c3cccc(Cl)c3)C2)c1C. The minimum absolute atomic E-state index is 0.0539. The van der Waals surface area contributed by atoms with Gasteiger partial charge >= 0.3 is 0 Å². The van der Waals surface area contributed by atoms with Crippen LogP contribution in [0.5, 0.6) is 0 Å². The molecule has 1 aliphatic rings. The predicted octanol–water partition coefficient (Wildman–Crippen LogP) is 4.35. The largest absolute Gasteiger partial charge is 0.298 e. The van der Waals surface area contributed by atoms with Crippen LogP contribution in [-0.4, -0.2) is 33.6 Å². The summed E-state index contributed by atoms with van der Waals surface area (Å²) in [4.78, 5) is 15.2. The lowest BCUT2D eigenvalue weighted by Crippen LogP contribution is -2.38. The third kappa shape index (κ3) is 4.31. The van der Waals surface area contributed by atoms with Crippen molar-refractivity contribution in [2.45, 2.75) is 46.2 Å². The fraction of sp³-hybridized carbons (Fsp3) is 0.500. The lowest BCUT2D eigenvalue weighted by molar-refractivity contribution is 0.0811. The topological polar surface area (TPSA) is 38.1 Å². The Kier molecular flexibility index (Phi) is 5.92. The van der Waals surface area contributed by atoms with E-state index in [0.717, 1.165) is 51.0 Å². The van der Waals surface area contributed by atoms with Crippen LogP contribution in [-0.2, 0) is 13.1 Å². The first kappa shape index (κ1) is 18.2. The minimum atomic E-state index is 0.0539. The van der Waals surface area contributed by atoms with Crippen molar-refractivity contribution in [1.29, 1.82) is 0 Å². The molecule has 0 unspecified atom stereocenters. The van der Waals surface area contributed by atoms with Gasteiger partial charge in [0, 0.05) is 47.4 Å². The Bertz CT molecular complexity index is 740. The zero-order valence-corrected chi connectivity index (χ0v) is 15.8. The van der Waals surface area contributed by atoms with E-state index >= 15 is 0 Å². The number of ketones is 1. The van der Waals surface area contributed by atoms with Gasteiger partial charge in [0.2, 0.25) is 0 Å². The van der Waals surface area contributed by atoms with Crippen LogP contribution in [0.15, 0.2) is 30.5 Å². The number of rotatable bonds is 6. The Morgan fingerprint density at radius 3 is 3.00 bits per heavy atom. The van der Waals surface area contributed by atoms with Crippen LogP contribution in [0.3, 0.4) is 0 Å². The van der Waals surface area contributed by atoms with Crippen molar-refractivity contribution in [3.63, 3.8) is 0 Å². The maximum atomic E-state index is 12.8. The number of halogens is 1. The monoisotopic (exact) mass is 359 g/mol. The second-order valence-electron chi connectivity index (χ2n) is 6.93. The Morgan fingerprint density at radius 2 is 2.24 bits per heavy atom. The fourth-order valence-corrected chi connectivity index (χ4v) is 3.80. The first-order valence-electron chi connectivity index (χ1n) is 9.12. The van der Waals surface area contributed by atoms with Crippen LogP contribution in [0.1, 0.15) is 47.8 Å². The van der Waals surface area contributed by atoms with Crippen molar-refractivity contribution in [2.24, 2.45) is 5.92 Å². The van der Waals surface area contributed by atoms with Crippen molar-refractivity contribution < 1.29 is 4.79 Å². The molecule has 0 bridgehead atoms. The standard InChI is InChI=1S/C20H26ClN3O/c1-3-9-24-15(2)18(12-22-24)14-23-10-5-7-17(13-23)20(25)16-6-4-8-19(21)11-16/h4,6,8,11-12,17H,3,5,7,9-10,13-14H2,1-2H3/t17-/m0/s1. The van der Waals surface area contributed by atoms with Gasteiger partial charge < -0.3 is 0 Å². The number of piperidine rings is 1. The Morgan fingerprint density at radius 1 is 1.40 bits per heavy atom. The zero-order chi connectivity index (χ0) is 17.8. The fourth-order valence-electron chi connectivity index (χ4n) is 3.61. The average molecular weight is 360 g/mol. The number of nitrogens with zero attached hydrogens (tertiary/aromatic N) is 3. The van der Waals surface area contributed by atoms with E-state index in [9.17, 15) is 4.79 Å². The molecular weight excluding hydrogens is 334 g/mol. The van der Waals surface area contributed by atoms with Crippen molar-refractivity contribution in [3.8, 4) is 0 Å². The third-order valence-electron chi connectivity index (χ3n) is 5.02. The summed E-state index contributed by atoms with van der Waals surface area (Å²) in [5.74, 6) is 0.267. The molecule has 0 radical (unpaired) electrons. The molecule has 0 saturated carbocycles. The molecule has 1 saturated heterocycles. The summed E-state index contributed by atoms with van der Waals surface area (Å²) >= 11 is 6.04. The predicted molar refractivity (Wildman–Crippen MR) is 101 cm³/mol. The van der Waals surface area contributed by atoms with E-state index in [1.54, 1.807) is 6.07 Å². The normalized spacial score (nSPS) is 18.4. The van der Waals surface area contributed by atoms with Crippen molar-refractivity contribution in [3.05, 3.63) is 52.3 Å². The van der Waals surface area contributed by atoms with Crippen molar-refractivity contribution in [1.82, 2.24) is 14.7 Å². The number of benzene rings is 1. The first-order chi connectivity index (χ1) is 12.1. The summed E-state index contributed by atoms with van der Waals surface area (Å²) in [6, 6.07) is 7.30. The maximum absolute atomic E-state index is 12.8. The Labute approximate surface area is 154 Å². The zero-order valence-electron chi connectivity index (χ0n) is 15.0. The number of hydrogen-bond acceptors (Lipinski definition) is 3. The van der Waals surface area contributed by atoms with E-state index in [-0.39, 0.29) is 11.7 Å². The maximum Gasteiger partial charge on any atom is 0.167 e. The number of likely N-dealkylation sites (tertiary alicyclic amines) is 1. The lowest BCUT2D eigenvalue weighted by Gasteiger charge is -2.32. The van der Waals surface area contributed by atoms with Gasteiger partial charge in [0.1, 0.15) is 0 Å². The van der Waals surface area contributed by atoms with E-state index in [1.165, 1.54) is 11.3 Å². The first-order valence-corrected chi connectivity index (χ1v) is 9.49. The van der Waals surface area contributed by atoms with E-state index in [2.05, 4.69) is 28.5 Å². The average Bonchev–Trinajstić information content (AvgIpc) is 2.95. The second kappa shape index (κ2) is 8.15. The molecule has 1 aromatic carbocycles. The minimum Gasteiger partial charge on any atom is -0.298 e. The molecule has 1 aromatic heterocycles. The second-order valence-corrected chi connectivity index (χ2v) is 7.36. The molecule has 1 aliphatic heterocycles. The van der Waals surface area contributed by atoms with Crippen LogP contribution in [0.2, 0.25) is 5.02 Å². The summed E-state index contributed by atoms with van der Waals surface area (Å²) in [5.41, 5.74) is 3.24. The van der Waals surface area contributed by atoms with Crippen LogP contribution in [0, 0.1) is 12.8 Å². The third-order valence-corrected chi connectivity index (χ3v) is 5.25. The molecule has 5 heteroatoms. The molecule has 1 atom stereocenters. The molecule has 25 heavy (non-hydrogen) atoms. The summed E-state index contributed by atoms with van der Waals surface area (Å²) in [6.45, 7) is 7.98. The molecule has 134 valence electrons. The van der Waals surface area contributed by atoms with Gasteiger partial charge in [0.25, 0.3) is 0 Å². The lowest BCUT2D eigenvalue weighted by atomic mass is 9.90. The molecule has 1 fully saturated rings. The van der Waals surface area contributed by atoms with E-state index < -0.39 is 0 Å². The molecule has 0 N–H and O–H groups in total. The highest BCUT2D eigenvalue weighted by molar-refractivity contribution is 6.31. The van der Waals surface area contributed by atoms with Gasteiger partial charge in [-0.05, 0) is 44.9 Å². The van der Waals surface area contributed by atoms with Crippen LogP contribution < -0.4 is 0 Å². The molecule has 2 heterocycles. The van der Waals surface area contributed by atoms with E-state index in [1.807, 2.05) is 24.4 Å². The van der Waals surface area contributed by atoms with Crippen LogP contribution in [0.25, 0.3) is 0 Å². The van der Waals surface area contributed by atoms with Crippen LogP contribution in [0.4, 0.5) is 0 Å². The molecule has 2 aromatic rings.